The van der Waals surface area contributed by atoms with Gasteiger partial charge in [-0.25, -0.2) is 0 Å². The minimum atomic E-state index is -0.0570. The van der Waals surface area contributed by atoms with Gasteiger partial charge in [-0.2, -0.15) is 0 Å². The van der Waals surface area contributed by atoms with E-state index >= 15 is 0 Å². The Morgan fingerprint density at radius 1 is 1.36 bits per heavy atom. The van der Waals surface area contributed by atoms with Crippen LogP contribution in [0, 0.1) is 0 Å². The highest BCUT2D eigenvalue weighted by molar-refractivity contribution is 6.32. The summed E-state index contributed by atoms with van der Waals surface area (Å²) in [5, 5.41) is 4.36. The van der Waals surface area contributed by atoms with Crippen molar-refractivity contribution in [3.8, 4) is 5.75 Å². The molecular formula is C16H19ClN2O3. The second-order valence-electron chi connectivity index (χ2n) is 5.64. The van der Waals surface area contributed by atoms with Crippen molar-refractivity contribution in [1.29, 1.82) is 0 Å². The van der Waals surface area contributed by atoms with E-state index in [1.54, 1.807) is 7.11 Å². The van der Waals surface area contributed by atoms with E-state index < -0.39 is 0 Å². The van der Waals surface area contributed by atoms with Crippen LogP contribution < -0.4 is 10.1 Å². The Balaban J connectivity index is 1.74. The summed E-state index contributed by atoms with van der Waals surface area (Å²) in [7, 11) is 1.72. The summed E-state index contributed by atoms with van der Waals surface area (Å²) in [6.45, 7) is 1.97. The van der Waals surface area contributed by atoms with Crippen molar-refractivity contribution >= 4 is 28.4 Å². The molecule has 3 rings (SSSR count). The molecule has 1 saturated carbocycles. The van der Waals surface area contributed by atoms with E-state index in [1.807, 2.05) is 18.2 Å². The van der Waals surface area contributed by atoms with Crippen molar-refractivity contribution in [2.45, 2.75) is 38.5 Å². The number of benzene rings is 1. The molecule has 6 heteroatoms. The van der Waals surface area contributed by atoms with Gasteiger partial charge in [-0.3, -0.25) is 4.79 Å². The first-order valence-electron chi connectivity index (χ1n) is 7.30. The number of amides is 1. The van der Waals surface area contributed by atoms with Crippen molar-refractivity contribution in [3.05, 3.63) is 28.9 Å². The molecule has 0 aliphatic heterocycles. The molecule has 1 aromatic heterocycles. The first-order valence-corrected chi connectivity index (χ1v) is 7.68. The van der Waals surface area contributed by atoms with Gasteiger partial charge in [-0.1, -0.05) is 11.6 Å². The smallest absolute Gasteiger partial charge is 0.217 e. The van der Waals surface area contributed by atoms with E-state index in [4.69, 9.17) is 21.1 Å². The second-order valence-corrected chi connectivity index (χ2v) is 6.05. The van der Waals surface area contributed by atoms with Crippen molar-refractivity contribution in [1.82, 2.24) is 10.3 Å². The number of aromatic amines is 1. The number of fused-ring (bicyclic) bond motifs is 1. The van der Waals surface area contributed by atoms with Gasteiger partial charge in [0, 0.05) is 49.5 Å². The number of hydrogen-bond acceptors (Lipinski definition) is 3. The number of nitrogens with one attached hydrogen (secondary N) is 2. The standard InChI is InChI=1S/C16H19ClN2O3/c1-9(20)18-8-11-3-10-4-14(17)16(7-15(10)19-11)22-13-5-12(6-13)21-2/h3-4,7,12-13,19H,5-6,8H2,1-2H3,(H,18,20). The monoisotopic (exact) mass is 322 g/mol. The first kappa shape index (κ1) is 15.2. The predicted molar refractivity (Wildman–Crippen MR) is 85.3 cm³/mol. The van der Waals surface area contributed by atoms with Crippen LogP contribution in [0.25, 0.3) is 10.9 Å². The van der Waals surface area contributed by atoms with Gasteiger partial charge in [-0.05, 0) is 12.1 Å². The lowest BCUT2D eigenvalue weighted by molar-refractivity contribution is -0.119. The number of aromatic nitrogens is 1. The Morgan fingerprint density at radius 2 is 2.14 bits per heavy atom. The molecule has 5 nitrogen and oxygen atoms in total. The van der Waals surface area contributed by atoms with Crippen LogP contribution >= 0.6 is 11.6 Å². The van der Waals surface area contributed by atoms with Gasteiger partial charge < -0.3 is 19.8 Å². The molecule has 22 heavy (non-hydrogen) atoms. The summed E-state index contributed by atoms with van der Waals surface area (Å²) in [4.78, 5) is 14.2. The van der Waals surface area contributed by atoms with Crippen LogP contribution in [-0.4, -0.2) is 30.2 Å². The van der Waals surface area contributed by atoms with Gasteiger partial charge in [0.25, 0.3) is 0 Å². The largest absolute Gasteiger partial charge is 0.489 e. The number of halogens is 1. The summed E-state index contributed by atoms with van der Waals surface area (Å²) >= 11 is 6.30. The Kier molecular flexibility index (Phi) is 4.27. The lowest BCUT2D eigenvalue weighted by Gasteiger charge is -2.34. The summed E-state index contributed by atoms with van der Waals surface area (Å²) in [6.07, 6.45) is 2.24. The molecule has 0 spiro atoms. The fourth-order valence-corrected chi connectivity index (χ4v) is 2.80. The lowest BCUT2D eigenvalue weighted by atomic mass is 9.92. The number of carbonyl (C=O) groups is 1. The highest BCUT2D eigenvalue weighted by atomic mass is 35.5. The fourth-order valence-electron chi connectivity index (χ4n) is 2.58. The molecule has 2 aromatic rings. The molecule has 1 aliphatic rings. The number of carbonyl (C=O) groups excluding carboxylic acids is 1. The van der Waals surface area contributed by atoms with Crippen LogP contribution in [0.1, 0.15) is 25.5 Å². The van der Waals surface area contributed by atoms with Crippen LogP contribution in [0.15, 0.2) is 18.2 Å². The Hall–Kier alpha value is -1.72. The summed E-state index contributed by atoms with van der Waals surface area (Å²) in [5.74, 6) is 0.625. The summed E-state index contributed by atoms with van der Waals surface area (Å²) in [5.41, 5.74) is 1.88. The quantitative estimate of drug-likeness (QED) is 0.889. The Labute approximate surface area is 133 Å². The molecule has 0 bridgehead atoms. The Bertz CT molecular complexity index is 692. The maximum Gasteiger partial charge on any atom is 0.217 e. The Morgan fingerprint density at radius 3 is 2.82 bits per heavy atom. The van der Waals surface area contributed by atoms with E-state index in [1.165, 1.54) is 6.92 Å². The minimum Gasteiger partial charge on any atom is -0.489 e. The molecule has 2 N–H and O–H groups in total. The van der Waals surface area contributed by atoms with E-state index in [2.05, 4.69) is 10.3 Å². The molecule has 1 heterocycles. The summed E-state index contributed by atoms with van der Waals surface area (Å²) < 4.78 is 11.2. The minimum absolute atomic E-state index is 0.0570. The maximum atomic E-state index is 11.0. The van der Waals surface area contributed by atoms with Gasteiger partial charge in [0.1, 0.15) is 11.9 Å². The van der Waals surface area contributed by atoms with Crippen molar-refractivity contribution in [2.75, 3.05) is 7.11 Å². The lowest BCUT2D eigenvalue weighted by Crippen LogP contribution is -2.38. The van der Waals surface area contributed by atoms with Crippen LogP contribution in [0.3, 0.4) is 0 Å². The molecule has 1 aliphatic carbocycles. The zero-order valence-electron chi connectivity index (χ0n) is 12.6. The number of hydrogen-bond donors (Lipinski definition) is 2. The molecule has 0 saturated heterocycles. The van der Waals surface area contributed by atoms with E-state index in [-0.39, 0.29) is 12.0 Å². The van der Waals surface area contributed by atoms with Gasteiger partial charge in [0.05, 0.1) is 17.7 Å². The average molecular weight is 323 g/mol. The number of methoxy groups -OCH3 is 1. The molecule has 0 atom stereocenters. The summed E-state index contributed by atoms with van der Waals surface area (Å²) in [6, 6.07) is 5.77. The van der Waals surface area contributed by atoms with Gasteiger partial charge in [-0.15, -0.1) is 0 Å². The third-order valence-electron chi connectivity index (χ3n) is 3.94. The van der Waals surface area contributed by atoms with Crippen LogP contribution in [-0.2, 0) is 16.1 Å². The topological polar surface area (TPSA) is 63.4 Å². The number of H-pyrrole nitrogens is 1. The van der Waals surface area contributed by atoms with Crippen molar-refractivity contribution in [2.24, 2.45) is 0 Å². The third kappa shape index (κ3) is 3.20. The normalized spacial score (nSPS) is 20.7. The number of ether oxygens (including phenoxy) is 2. The maximum absolute atomic E-state index is 11.0. The van der Waals surface area contributed by atoms with Gasteiger partial charge >= 0.3 is 0 Å². The van der Waals surface area contributed by atoms with Crippen molar-refractivity contribution in [3.63, 3.8) is 0 Å². The molecule has 1 aromatic carbocycles. The zero-order valence-corrected chi connectivity index (χ0v) is 13.4. The second kappa shape index (κ2) is 6.18. The van der Waals surface area contributed by atoms with Crippen LogP contribution in [0.5, 0.6) is 5.75 Å². The van der Waals surface area contributed by atoms with Crippen LogP contribution in [0.4, 0.5) is 0 Å². The fraction of sp³-hybridized carbons (Fsp3) is 0.438. The van der Waals surface area contributed by atoms with Gasteiger partial charge in [0.2, 0.25) is 5.91 Å². The van der Waals surface area contributed by atoms with E-state index in [9.17, 15) is 4.79 Å². The number of rotatable bonds is 5. The predicted octanol–water partition coefficient (Wildman–Crippen LogP) is 3.01. The molecule has 0 radical (unpaired) electrons. The molecule has 0 unspecified atom stereocenters. The molecule has 118 valence electrons. The zero-order chi connectivity index (χ0) is 15.7. The molecule has 1 fully saturated rings. The highest BCUT2D eigenvalue weighted by Crippen LogP contribution is 2.34. The average Bonchev–Trinajstić information content (AvgIpc) is 2.81. The van der Waals surface area contributed by atoms with Crippen LogP contribution in [0.2, 0.25) is 5.02 Å². The van der Waals surface area contributed by atoms with E-state index in [0.717, 1.165) is 29.4 Å². The third-order valence-corrected chi connectivity index (χ3v) is 4.23. The highest BCUT2D eigenvalue weighted by Gasteiger charge is 2.31. The first-order chi connectivity index (χ1) is 10.5. The van der Waals surface area contributed by atoms with Gasteiger partial charge in [0.15, 0.2) is 0 Å². The van der Waals surface area contributed by atoms with E-state index in [0.29, 0.717) is 23.4 Å². The molecule has 1 amide bonds. The van der Waals surface area contributed by atoms with Crippen molar-refractivity contribution < 1.29 is 14.3 Å². The SMILES string of the molecule is COC1CC(Oc2cc3[nH]c(CNC(C)=O)cc3cc2Cl)C1. The molecular weight excluding hydrogens is 304 g/mol.